The van der Waals surface area contributed by atoms with E-state index in [4.69, 9.17) is 16.3 Å². The van der Waals surface area contributed by atoms with Crippen LogP contribution in [0.1, 0.15) is 12.0 Å². The number of aliphatic hydroxyl groups excluding tert-OH is 2. The number of anilines is 1. The van der Waals surface area contributed by atoms with Crippen LogP contribution in [0.25, 0.3) is 10.8 Å². The third-order valence-electron chi connectivity index (χ3n) is 5.41. The van der Waals surface area contributed by atoms with Gasteiger partial charge in [-0.25, -0.2) is 23.4 Å². The van der Waals surface area contributed by atoms with Crippen molar-refractivity contribution in [2.75, 3.05) is 25.6 Å². The largest absolute Gasteiger partial charge is 0.447 e. The highest BCUT2D eigenvalue weighted by atomic mass is 35.5. The summed E-state index contributed by atoms with van der Waals surface area (Å²) < 4.78 is 32.3. The molecule has 12 heteroatoms. The second-order valence-corrected chi connectivity index (χ2v) is 8.37. The molecule has 0 saturated heterocycles. The number of carbonyl (C=O) groups is 2. The van der Waals surface area contributed by atoms with Crippen molar-refractivity contribution in [3.63, 3.8) is 0 Å². The maximum atomic E-state index is 13.6. The maximum absolute atomic E-state index is 13.6. The molecule has 1 aromatic heterocycles. The topological polar surface area (TPSA) is 124 Å². The van der Waals surface area contributed by atoms with E-state index in [1.54, 1.807) is 12.1 Å². The van der Waals surface area contributed by atoms with Crippen LogP contribution in [0.5, 0.6) is 0 Å². The maximum Gasteiger partial charge on any atom is 0.412 e. The van der Waals surface area contributed by atoms with E-state index in [-0.39, 0.29) is 30.4 Å². The normalized spacial score (nSPS) is 12.6. The van der Waals surface area contributed by atoms with Crippen LogP contribution in [0.2, 0.25) is 5.02 Å². The number of nitrogens with zero attached hydrogens (tertiary/aromatic N) is 2. The fourth-order valence-corrected chi connectivity index (χ4v) is 3.56. The molecule has 36 heavy (non-hydrogen) atoms. The van der Waals surface area contributed by atoms with Crippen LogP contribution < -0.4 is 10.6 Å². The molecule has 0 bridgehead atoms. The van der Waals surface area contributed by atoms with Crippen molar-refractivity contribution in [3.8, 4) is 0 Å². The van der Waals surface area contributed by atoms with Crippen LogP contribution in [0.3, 0.4) is 0 Å². The monoisotopic (exact) mass is 522 g/mol. The number of hydrogen-bond donors (Lipinski definition) is 4. The Balaban J connectivity index is 1.60. The zero-order valence-corrected chi connectivity index (χ0v) is 20.0. The van der Waals surface area contributed by atoms with E-state index in [1.165, 1.54) is 48.5 Å². The number of benzene rings is 2. The molecule has 0 fully saturated rings. The lowest BCUT2D eigenvalue weighted by Gasteiger charge is -2.29. The number of nitrogens with one attached hydrogen (secondary N) is 2. The number of ether oxygens (including phenoxy) is 1. The molecule has 4 N–H and O–H groups in total. The standard InChI is InChI=1S/C24H25ClF2N4O5/c1-31(23(34)29-11-15-3-2-4-20(27)22(15)25)18(9-19(33)12-32)13-36-24(35)30-21-8-16-7-17(26)6-5-14(16)10-28-21/h2-8,10,18-19,32-33H,9,11-13H2,1H3,(H,29,34)(H,28,30,35)/t18?,19-/m1/s1. The zero-order chi connectivity index (χ0) is 26.2. The molecule has 9 nitrogen and oxygen atoms in total. The zero-order valence-electron chi connectivity index (χ0n) is 19.2. The lowest BCUT2D eigenvalue weighted by atomic mass is 10.1. The van der Waals surface area contributed by atoms with Crippen molar-refractivity contribution >= 4 is 40.3 Å². The van der Waals surface area contributed by atoms with Crippen LogP contribution in [0.4, 0.5) is 24.2 Å². The number of amides is 3. The molecule has 0 spiro atoms. The van der Waals surface area contributed by atoms with Gasteiger partial charge < -0.3 is 25.2 Å². The molecule has 0 aliphatic rings. The Hall–Kier alpha value is -3.54. The average Bonchev–Trinajstić information content (AvgIpc) is 2.86. The SMILES string of the molecule is CN(C(=O)NCc1cccc(F)c1Cl)C(COC(=O)Nc1cc2cc(F)ccc2cn1)C[C@@H](O)CO. The van der Waals surface area contributed by atoms with E-state index in [0.29, 0.717) is 16.3 Å². The molecule has 2 atom stereocenters. The molecule has 3 rings (SSSR count). The van der Waals surface area contributed by atoms with Crippen molar-refractivity contribution in [1.29, 1.82) is 0 Å². The molecule has 0 saturated carbocycles. The minimum Gasteiger partial charge on any atom is -0.447 e. The van der Waals surface area contributed by atoms with E-state index < -0.39 is 42.5 Å². The molecular formula is C24H25ClF2N4O5. The van der Waals surface area contributed by atoms with Crippen molar-refractivity contribution in [2.45, 2.75) is 25.1 Å². The Kier molecular flexibility index (Phi) is 9.34. The van der Waals surface area contributed by atoms with Gasteiger partial charge >= 0.3 is 12.1 Å². The molecule has 3 amide bonds. The first-order valence-corrected chi connectivity index (χ1v) is 11.3. The number of aliphatic hydroxyl groups is 2. The van der Waals surface area contributed by atoms with Gasteiger partial charge in [0.1, 0.15) is 24.1 Å². The fourth-order valence-electron chi connectivity index (χ4n) is 3.37. The van der Waals surface area contributed by atoms with Gasteiger partial charge in [-0.2, -0.15) is 0 Å². The summed E-state index contributed by atoms with van der Waals surface area (Å²) in [6.45, 7) is -0.949. The number of hydrogen-bond acceptors (Lipinski definition) is 6. The van der Waals surface area contributed by atoms with E-state index in [0.717, 1.165) is 0 Å². The second-order valence-electron chi connectivity index (χ2n) is 7.99. The predicted molar refractivity (Wildman–Crippen MR) is 130 cm³/mol. The number of pyridine rings is 1. The van der Waals surface area contributed by atoms with Crippen LogP contribution >= 0.6 is 11.6 Å². The Morgan fingerprint density at radius 1 is 1.19 bits per heavy atom. The molecule has 3 aromatic rings. The van der Waals surface area contributed by atoms with Gasteiger partial charge in [-0.05, 0) is 47.7 Å². The highest BCUT2D eigenvalue weighted by Gasteiger charge is 2.25. The lowest BCUT2D eigenvalue weighted by Crippen LogP contribution is -2.47. The number of carbonyl (C=O) groups excluding carboxylic acids is 2. The van der Waals surface area contributed by atoms with E-state index in [1.807, 2.05) is 0 Å². The number of halogens is 3. The molecule has 0 aliphatic carbocycles. The summed E-state index contributed by atoms with van der Waals surface area (Å²) in [6.07, 6.45) is -0.691. The van der Waals surface area contributed by atoms with Crippen LogP contribution in [0, 0.1) is 11.6 Å². The highest BCUT2D eigenvalue weighted by molar-refractivity contribution is 6.31. The molecule has 1 unspecified atom stereocenters. The number of aromatic nitrogens is 1. The van der Waals surface area contributed by atoms with Crippen molar-refractivity contribution < 1.29 is 33.3 Å². The van der Waals surface area contributed by atoms with Gasteiger partial charge in [0.2, 0.25) is 0 Å². The molecule has 2 aromatic carbocycles. The minimum atomic E-state index is -1.17. The third-order valence-corrected chi connectivity index (χ3v) is 5.83. The number of rotatable bonds is 9. The first-order chi connectivity index (χ1) is 17.2. The third kappa shape index (κ3) is 7.23. The van der Waals surface area contributed by atoms with Gasteiger partial charge in [0, 0.05) is 25.2 Å². The summed E-state index contributed by atoms with van der Waals surface area (Å²) >= 11 is 5.91. The Morgan fingerprint density at radius 2 is 1.97 bits per heavy atom. The lowest BCUT2D eigenvalue weighted by molar-refractivity contribution is 0.0480. The van der Waals surface area contributed by atoms with Crippen molar-refractivity contribution in [2.24, 2.45) is 0 Å². The smallest absolute Gasteiger partial charge is 0.412 e. The van der Waals surface area contributed by atoms with Gasteiger partial charge in [-0.3, -0.25) is 5.32 Å². The van der Waals surface area contributed by atoms with Crippen molar-refractivity contribution in [1.82, 2.24) is 15.2 Å². The highest BCUT2D eigenvalue weighted by Crippen LogP contribution is 2.20. The van der Waals surface area contributed by atoms with Gasteiger partial charge in [-0.15, -0.1) is 0 Å². The number of likely N-dealkylation sites (N-methyl/N-ethyl adjacent to an activating group) is 1. The first-order valence-electron chi connectivity index (χ1n) is 10.9. The number of fused-ring (bicyclic) bond motifs is 1. The van der Waals surface area contributed by atoms with Crippen LogP contribution in [0.15, 0.2) is 48.7 Å². The second kappa shape index (κ2) is 12.4. The van der Waals surface area contributed by atoms with Crippen LogP contribution in [-0.2, 0) is 11.3 Å². The Morgan fingerprint density at radius 3 is 2.72 bits per heavy atom. The molecule has 0 aliphatic heterocycles. The number of urea groups is 1. The van der Waals surface area contributed by atoms with Gasteiger partial charge in [-0.1, -0.05) is 23.7 Å². The Labute approximate surface area is 210 Å². The van der Waals surface area contributed by atoms with Gasteiger partial charge in [0.25, 0.3) is 0 Å². The van der Waals surface area contributed by atoms with Gasteiger partial charge in [0.05, 0.1) is 23.8 Å². The van der Waals surface area contributed by atoms with Crippen molar-refractivity contribution in [3.05, 3.63) is 70.9 Å². The summed E-state index contributed by atoms with van der Waals surface area (Å²) in [6, 6.07) is 8.41. The fraction of sp³-hybridized carbons (Fsp3) is 0.292. The summed E-state index contributed by atoms with van der Waals surface area (Å²) in [5, 5.41) is 25.2. The van der Waals surface area contributed by atoms with E-state index in [2.05, 4.69) is 15.6 Å². The Bertz CT molecular complexity index is 1230. The summed E-state index contributed by atoms with van der Waals surface area (Å²) in [4.78, 5) is 30.2. The summed E-state index contributed by atoms with van der Waals surface area (Å²) in [5.41, 5.74) is 0.365. The van der Waals surface area contributed by atoms with E-state index in [9.17, 15) is 28.6 Å². The molecule has 1 heterocycles. The average molecular weight is 523 g/mol. The summed E-state index contributed by atoms with van der Waals surface area (Å²) in [7, 11) is 1.41. The molecular weight excluding hydrogens is 498 g/mol. The predicted octanol–water partition coefficient (Wildman–Crippen LogP) is 3.67. The summed E-state index contributed by atoms with van der Waals surface area (Å²) in [5.74, 6) is -0.928. The quantitative estimate of drug-likeness (QED) is 0.340. The molecule has 192 valence electrons. The minimum absolute atomic E-state index is 0.0649. The van der Waals surface area contributed by atoms with Gasteiger partial charge in [0.15, 0.2) is 0 Å². The van der Waals surface area contributed by atoms with E-state index >= 15 is 0 Å². The molecule has 0 radical (unpaired) electrons. The van der Waals surface area contributed by atoms with Crippen LogP contribution in [-0.4, -0.2) is 64.6 Å². The first kappa shape index (κ1) is 27.1.